The van der Waals surface area contributed by atoms with Crippen molar-refractivity contribution in [1.29, 1.82) is 0 Å². The van der Waals surface area contributed by atoms with Gasteiger partial charge in [0, 0.05) is 25.0 Å². The molecule has 1 aromatic carbocycles. The number of hydrogen-bond acceptors (Lipinski definition) is 5. The summed E-state index contributed by atoms with van der Waals surface area (Å²) >= 11 is 0. The number of nitrogens with one attached hydrogen (secondary N) is 2. The van der Waals surface area contributed by atoms with Gasteiger partial charge in [-0.25, -0.2) is 22.9 Å². The highest BCUT2D eigenvalue weighted by Crippen LogP contribution is 2.18. The second kappa shape index (κ2) is 4.86. The van der Waals surface area contributed by atoms with Crippen LogP contribution in [0.3, 0.4) is 0 Å². The van der Waals surface area contributed by atoms with Gasteiger partial charge in [-0.1, -0.05) is 0 Å². The molecule has 3 rings (SSSR count). The van der Waals surface area contributed by atoms with Crippen LogP contribution < -0.4 is 10.5 Å². The summed E-state index contributed by atoms with van der Waals surface area (Å²) in [6.45, 7) is 0.0963. The maximum Gasteiger partial charge on any atom is 0.419 e. The molecule has 0 saturated carbocycles. The molecule has 0 spiro atoms. The van der Waals surface area contributed by atoms with Gasteiger partial charge in [0.2, 0.25) is 10.0 Å². The largest absolute Gasteiger partial charge is 0.419 e. The zero-order valence-electron chi connectivity index (χ0n) is 11.0. The van der Waals surface area contributed by atoms with Gasteiger partial charge in [-0.2, -0.15) is 0 Å². The van der Waals surface area contributed by atoms with Crippen LogP contribution in [0.25, 0.3) is 11.1 Å². The van der Waals surface area contributed by atoms with Crippen molar-refractivity contribution in [1.82, 2.24) is 19.3 Å². The lowest BCUT2D eigenvalue weighted by molar-refractivity contribution is 0.527. The van der Waals surface area contributed by atoms with Crippen LogP contribution in [0.15, 0.2) is 44.8 Å². The number of aryl methyl sites for hydroxylation is 1. The molecular formula is C12H12N4O4S. The minimum Gasteiger partial charge on any atom is -0.408 e. The Balaban J connectivity index is 1.93. The van der Waals surface area contributed by atoms with Gasteiger partial charge < -0.3 is 9.40 Å². The van der Waals surface area contributed by atoms with Gasteiger partial charge >= 0.3 is 5.76 Å². The minimum absolute atomic E-state index is 0.0314. The molecule has 0 aliphatic heterocycles. The topological polar surface area (TPSA) is 110 Å². The molecule has 0 atom stereocenters. The molecule has 2 aromatic heterocycles. The fraction of sp³-hybridized carbons (Fsp3) is 0.167. The average molecular weight is 308 g/mol. The standard InChI is InChI=1S/C12H12N4O4S/c1-16-10-3-2-9(4-11(10)20-12(16)17)21(18,19)15-6-8-5-13-7-14-8/h2-5,7,15H,6H2,1H3,(H,13,14). The van der Waals surface area contributed by atoms with E-state index >= 15 is 0 Å². The van der Waals surface area contributed by atoms with Crippen molar-refractivity contribution in [2.45, 2.75) is 11.4 Å². The first-order valence-electron chi connectivity index (χ1n) is 6.04. The van der Waals surface area contributed by atoms with E-state index in [4.69, 9.17) is 4.42 Å². The van der Waals surface area contributed by atoms with E-state index < -0.39 is 15.8 Å². The van der Waals surface area contributed by atoms with Gasteiger partial charge in [0.25, 0.3) is 0 Å². The van der Waals surface area contributed by atoms with E-state index in [1.54, 1.807) is 7.05 Å². The number of sulfonamides is 1. The maximum atomic E-state index is 12.2. The van der Waals surface area contributed by atoms with Crippen molar-refractivity contribution in [3.05, 3.63) is 47.0 Å². The molecule has 0 fully saturated rings. The van der Waals surface area contributed by atoms with Crippen molar-refractivity contribution in [3.8, 4) is 0 Å². The quantitative estimate of drug-likeness (QED) is 0.722. The summed E-state index contributed by atoms with van der Waals surface area (Å²) in [5.74, 6) is -0.537. The molecule has 0 amide bonds. The van der Waals surface area contributed by atoms with E-state index in [1.807, 2.05) is 0 Å². The van der Waals surface area contributed by atoms with E-state index in [0.717, 1.165) is 0 Å². The summed E-state index contributed by atoms with van der Waals surface area (Å²) in [5.41, 5.74) is 1.41. The van der Waals surface area contributed by atoms with Crippen LogP contribution in [-0.4, -0.2) is 23.0 Å². The highest BCUT2D eigenvalue weighted by atomic mass is 32.2. The van der Waals surface area contributed by atoms with Crippen molar-refractivity contribution in [2.24, 2.45) is 7.05 Å². The van der Waals surface area contributed by atoms with Crippen LogP contribution in [-0.2, 0) is 23.6 Å². The highest BCUT2D eigenvalue weighted by molar-refractivity contribution is 7.89. The second-order valence-corrected chi connectivity index (χ2v) is 6.22. The van der Waals surface area contributed by atoms with Crippen LogP contribution >= 0.6 is 0 Å². The number of nitrogens with zero attached hydrogens (tertiary/aromatic N) is 2. The Hall–Kier alpha value is -2.39. The van der Waals surface area contributed by atoms with Gasteiger partial charge in [-0.3, -0.25) is 4.57 Å². The number of hydrogen-bond donors (Lipinski definition) is 2. The lowest BCUT2D eigenvalue weighted by atomic mass is 10.3. The molecule has 0 aliphatic rings. The van der Waals surface area contributed by atoms with Gasteiger partial charge in [0.15, 0.2) is 5.58 Å². The summed E-state index contributed by atoms with van der Waals surface area (Å²) in [7, 11) is -2.15. The maximum absolute atomic E-state index is 12.2. The Labute approximate surface area is 119 Å². The van der Waals surface area contributed by atoms with Crippen LogP contribution in [0.4, 0.5) is 0 Å². The third-order valence-corrected chi connectivity index (χ3v) is 4.48. The minimum atomic E-state index is -3.70. The normalized spacial score (nSPS) is 12.0. The van der Waals surface area contributed by atoms with Gasteiger partial charge in [0.1, 0.15) is 0 Å². The van der Waals surface area contributed by atoms with Crippen molar-refractivity contribution >= 4 is 21.1 Å². The first kappa shape index (κ1) is 13.6. The lowest BCUT2D eigenvalue weighted by Gasteiger charge is -2.05. The van der Waals surface area contributed by atoms with Gasteiger partial charge in [-0.15, -0.1) is 0 Å². The third kappa shape index (κ3) is 2.48. The summed E-state index contributed by atoms with van der Waals surface area (Å²) in [4.78, 5) is 18.0. The Kier molecular flexibility index (Phi) is 3.15. The number of fused-ring (bicyclic) bond motifs is 1. The van der Waals surface area contributed by atoms with Gasteiger partial charge in [0.05, 0.1) is 23.3 Å². The number of oxazole rings is 1. The lowest BCUT2D eigenvalue weighted by Crippen LogP contribution is -2.23. The smallest absolute Gasteiger partial charge is 0.408 e. The third-order valence-electron chi connectivity index (χ3n) is 3.08. The first-order valence-corrected chi connectivity index (χ1v) is 7.52. The first-order chi connectivity index (χ1) is 9.97. The monoisotopic (exact) mass is 308 g/mol. The van der Waals surface area contributed by atoms with E-state index in [9.17, 15) is 13.2 Å². The zero-order chi connectivity index (χ0) is 15.0. The summed E-state index contributed by atoms with van der Waals surface area (Å²) in [6.07, 6.45) is 3.00. The molecule has 3 aromatic rings. The molecule has 0 bridgehead atoms. The van der Waals surface area contributed by atoms with E-state index in [0.29, 0.717) is 11.2 Å². The Morgan fingerprint density at radius 1 is 1.43 bits per heavy atom. The van der Waals surface area contributed by atoms with Crippen molar-refractivity contribution < 1.29 is 12.8 Å². The van der Waals surface area contributed by atoms with Crippen LogP contribution in [0.1, 0.15) is 5.69 Å². The van der Waals surface area contributed by atoms with Gasteiger partial charge in [-0.05, 0) is 12.1 Å². The molecule has 9 heteroatoms. The number of aromatic nitrogens is 3. The summed E-state index contributed by atoms with van der Waals surface area (Å²) < 4.78 is 33.1. The Morgan fingerprint density at radius 3 is 2.95 bits per heavy atom. The summed E-state index contributed by atoms with van der Waals surface area (Å²) in [6, 6.07) is 4.28. The average Bonchev–Trinajstić information content (AvgIpc) is 3.06. The molecule has 2 N–H and O–H groups in total. The van der Waals surface area contributed by atoms with Crippen LogP contribution in [0, 0.1) is 0 Å². The van der Waals surface area contributed by atoms with E-state index in [1.165, 1.54) is 35.3 Å². The van der Waals surface area contributed by atoms with Crippen molar-refractivity contribution in [3.63, 3.8) is 0 Å². The van der Waals surface area contributed by atoms with Crippen LogP contribution in [0.5, 0.6) is 0 Å². The fourth-order valence-electron chi connectivity index (χ4n) is 1.92. The number of rotatable bonds is 4. The molecule has 2 heterocycles. The number of aromatic amines is 1. The Bertz CT molecular complexity index is 937. The predicted molar refractivity (Wildman–Crippen MR) is 74.1 cm³/mol. The molecule has 0 saturated heterocycles. The number of benzene rings is 1. The van der Waals surface area contributed by atoms with Crippen LogP contribution in [0.2, 0.25) is 0 Å². The highest BCUT2D eigenvalue weighted by Gasteiger charge is 2.16. The molecular weight excluding hydrogens is 296 g/mol. The predicted octanol–water partition coefficient (Wildman–Crippen LogP) is 0.333. The number of H-pyrrole nitrogens is 1. The van der Waals surface area contributed by atoms with E-state index in [2.05, 4.69) is 14.7 Å². The SMILES string of the molecule is Cn1c(=O)oc2cc(S(=O)(=O)NCc3cnc[nH]3)ccc21. The second-order valence-electron chi connectivity index (χ2n) is 4.46. The summed E-state index contributed by atoms with van der Waals surface area (Å²) in [5, 5.41) is 0. The molecule has 21 heavy (non-hydrogen) atoms. The van der Waals surface area contributed by atoms with Crippen molar-refractivity contribution in [2.75, 3.05) is 0 Å². The zero-order valence-corrected chi connectivity index (χ0v) is 11.8. The molecule has 110 valence electrons. The molecule has 0 aliphatic carbocycles. The molecule has 0 unspecified atom stereocenters. The Morgan fingerprint density at radius 2 is 2.24 bits per heavy atom. The van der Waals surface area contributed by atoms with E-state index in [-0.39, 0.29) is 17.0 Å². The number of imidazole rings is 1. The molecule has 8 nitrogen and oxygen atoms in total. The molecule has 0 radical (unpaired) electrons. The fourth-order valence-corrected chi connectivity index (χ4v) is 2.94.